The van der Waals surface area contributed by atoms with E-state index in [9.17, 15) is 4.79 Å². The number of rotatable bonds is 5. The van der Waals surface area contributed by atoms with E-state index >= 15 is 0 Å². The van der Waals surface area contributed by atoms with Crippen LogP contribution < -0.4 is 15.5 Å². The summed E-state index contributed by atoms with van der Waals surface area (Å²) in [4.78, 5) is 17.5. The molecule has 1 rings (SSSR count). The lowest BCUT2D eigenvalue weighted by Crippen LogP contribution is -2.32. The van der Waals surface area contributed by atoms with E-state index in [0.717, 1.165) is 11.4 Å². The number of anilines is 1. The molecule has 0 fully saturated rings. The van der Waals surface area contributed by atoms with Crippen LogP contribution in [0.2, 0.25) is 0 Å². The van der Waals surface area contributed by atoms with Crippen molar-refractivity contribution in [2.75, 3.05) is 32.6 Å². The van der Waals surface area contributed by atoms with Gasteiger partial charge in [0, 0.05) is 32.4 Å². The number of carbonyl (C=O) groups excluding carboxylic acids is 1. The molecule has 5 heteroatoms. The van der Waals surface area contributed by atoms with Gasteiger partial charge in [-0.3, -0.25) is 4.79 Å². The number of nitrogens with one attached hydrogen (secondary N) is 2. The van der Waals surface area contributed by atoms with Gasteiger partial charge in [-0.25, -0.2) is 4.98 Å². The molecule has 1 amide bonds. The fourth-order valence-corrected chi connectivity index (χ4v) is 1.39. The lowest BCUT2D eigenvalue weighted by atomic mass is 10.2. The Hall–Kier alpha value is -1.62. The van der Waals surface area contributed by atoms with Crippen LogP contribution in [0.4, 0.5) is 5.82 Å². The van der Waals surface area contributed by atoms with Crippen molar-refractivity contribution in [3.63, 3.8) is 0 Å². The van der Waals surface area contributed by atoms with Crippen LogP contribution in [-0.4, -0.2) is 38.6 Å². The molecule has 0 aliphatic heterocycles. The number of aromatic nitrogens is 1. The van der Waals surface area contributed by atoms with Gasteiger partial charge in [-0.05, 0) is 13.1 Å². The SMILES string of the molecule is CNCC(=O)NCc1cccnc1N(C)C. The summed E-state index contributed by atoms with van der Waals surface area (Å²) in [7, 11) is 5.61. The van der Waals surface area contributed by atoms with Gasteiger partial charge in [-0.2, -0.15) is 0 Å². The highest BCUT2D eigenvalue weighted by Gasteiger charge is 2.06. The maximum atomic E-state index is 11.3. The number of hydrogen-bond acceptors (Lipinski definition) is 4. The van der Waals surface area contributed by atoms with Gasteiger partial charge in [0.2, 0.25) is 5.91 Å². The van der Waals surface area contributed by atoms with E-state index in [4.69, 9.17) is 0 Å². The Morgan fingerprint density at radius 2 is 2.25 bits per heavy atom. The smallest absolute Gasteiger partial charge is 0.234 e. The number of pyridine rings is 1. The summed E-state index contributed by atoms with van der Waals surface area (Å²) < 4.78 is 0. The lowest BCUT2D eigenvalue weighted by Gasteiger charge is -2.16. The Labute approximate surface area is 95.9 Å². The molecule has 0 radical (unpaired) electrons. The van der Waals surface area contributed by atoms with E-state index in [2.05, 4.69) is 15.6 Å². The zero-order valence-corrected chi connectivity index (χ0v) is 9.95. The lowest BCUT2D eigenvalue weighted by molar-refractivity contribution is -0.120. The van der Waals surface area contributed by atoms with E-state index in [1.54, 1.807) is 13.2 Å². The van der Waals surface area contributed by atoms with Gasteiger partial charge >= 0.3 is 0 Å². The van der Waals surface area contributed by atoms with Crippen molar-refractivity contribution in [2.45, 2.75) is 6.54 Å². The van der Waals surface area contributed by atoms with Crippen LogP contribution in [0.5, 0.6) is 0 Å². The van der Waals surface area contributed by atoms with Crippen LogP contribution in [0.3, 0.4) is 0 Å². The van der Waals surface area contributed by atoms with E-state index < -0.39 is 0 Å². The zero-order chi connectivity index (χ0) is 12.0. The number of nitrogens with zero attached hydrogens (tertiary/aromatic N) is 2. The molecule has 0 saturated heterocycles. The Morgan fingerprint density at radius 3 is 2.88 bits per heavy atom. The summed E-state index contributed by atoms with van der Waals surface area (Å²) in [5.41, 5.74) is 1.01. The summed E-state index contributed by atoms with van der Waals surface area (Å²) in [6.45, 7) is 0.833. The second kappa shape index (κ2) is 6.07. The highest BCUT2D eigenvalue weighted by atomic mass is 16.1. The Kier molecular flexibility index (Phi) is 4.72. The molecule has 0 spiro atoms. The van der Waals surface area contributed by atoms with Crippen LogP contribution in [-0.2, 0) is 11.3 Å². The monoisotopic (exact) mass is 222 g/mol. The number of amides is 1. The van der Waals surface area contributed by atoms with Crippen LogP contribution in [0.1, 0.15) is 5.56 Å². The highest BCUT2D eigenvalue weighted by Crippen LogP contribution is 2.13. The third kappa shape index (κ3) is 3.51. The first kappa shape index (κ1) is 12.4. The number of hydrogen-bond donors (Lipinski definition) is 2. The highest BCUT2D eigenvalue weighted by molar-refractivity contribution is 5.78. The molecule has 16 heavy (non-hydrogen) atoms. The molecule has 88 valence electrons. The second-order valence-electron chi connectivity index (χ2n) is 3.69. The quantitative estimate of drug-likeness (QED) is 0.735. The van der Waals surface area contributed by atoms with Crippen molar-refractivity contribution in [1.82, 2.24) is 15.6 Å². The molecule has 0 aromatic carbocycles. The predicted molar refractivity (Wildman–Crippen MR) is 64.3 cm³/mol. The van der Waals surface area contributed by atoms with Crippen molar-refractivity contribution in [3.8, 4) is 0 Å². The van der Waals surface area contributed by atoms with Gasteiger partial charge in [0.1, 0.15) is 5.82 Å². The predicted octanol–water partition coefficient (Wildman–Crippen LogP) is -0.0168. The topological polar surface area (TPSA) is 57.3 Å². The number of carbonyl (C=O) groups is 1. The average Bonchev–Trinajstić information content (AvgIpc) is 2.27. The van der Waals surface area contributed by atoms with Gasteiger partial charge < -0.3 is 15.5 Å². The molecule has 0 aliphatic carbocycles. The molecular formula is C11H18N4O. The minimum absolute atomic E-state index is 0.0175. The van der Waals surface area contributed by atoms with E-state index in [1.807, 2.05) is 31.1 Å². The first-order valence-electron chi connectivity index (χ1n) is 5.17. The molecular weight excluding hydrogens is 204 g/mol. The first-order chi connectivity index (χ1) is 7.65. The van der Waals surface area contributed by atoms with Crippen LogP contribution in [0, 0.1) is 0 Å². The molecule has 1 aromatic heterocycles. The summed E-state index contributed by atoms with van der Waals surface area (Å²) in [6.07, 6.45) is 1.74. The molecule has 0 bridgehead atoms. The summed E-state index contributed by atoms with van der Waals surface area (Å²) in [6, 6.07) is 3.83. The van der Waals surface area contributed by atoms with E-state index in [0.29, 0.717) is 13.1 Å². The van der Waals surface area contributed by atoms with E-state index in [1.165, 1.54) is 0 Å². The summed E-state index contributed by atoms with van der Waals surface area (Å²) in [5, 5.41) is 5.63. The Balaban J connectivity index is 2.63. The van der Waals surface area contributed by atoms with Crippen LogP contribution in [0.15, 0.2) is 18.3 Å². The Bertz CT molecular complexity index is 352. The molecule has 0 atom stereocenters. The maximum Gasteiger partial charge on any atom is 0.234 e. The third-order valence-corrected chi connectivity index (χ3v) is 2.10. The zero-order valence-electron chi connectivity index (χ0n) is 9.95. The van der Waals surface area contributed by atoms with Crippen molar-refractivity contribution in [3.05, 3.63) is 23.9 Å². The second-order valence-corrected chi connectivity index (χ2v) is 3.69. The molecule has 5 nitrogen and oxygen atoms in total. The normalized spacial score (nSPS) is 9.94. The van der Waals surface area contributed by atoms with Gasteiger partial charge in [-0.1, -0.05) is 6.07 Å². The maximum absolute atomic E-state index is 11.3. The Morgan fingerprint density at radius 1 is 1.50 bits per heavy atom. The van der Waals surface area contributed by atoms with Crippen LogP contribution >= 0.6 is 0 Å². The van der Waals surface area contributed by atoms with Crippen molar-refractivity contribution in [1.29, 1.82) is 0 Å². The standard InChI is InChI=1S/C11H18N4O/c1-12-8-10(16)14-7-9-5-4-6-13-11(9)15(2)3/h4-6,12H,7-8H2,1-3H3,(H,14,16). The van der Waals surface area contributed by atoms with Gasteiger partial charge in [-0.15, -0.1) is 0 Å². The molecule has 0 aliphatic rings. The van der Waals surface area contributed by atoms with Crippen LogP contribution in [0.25, 0.3) is 0 Å². The third-order valence-electron chi connectivity index (χ3n) is 2.10. The molecule has 2 N–H and O–H groups in total. The van der Waals surface area contributed by atoms with Crippen molar-refractivity contribution >= 4 is 11.7 Å². The van der Waals surface area contributed by atoms with E-state index in [-0.39, 0.29) is 5.91 Å². The molecule has 0 saturated carbocycles. The number of likely N-dealkylation sites (N-methyl/N-ethyl adjacent to an activating group) is 1. The fraction of sp³-hybridized carbons (Fsp3) is 0.455. The minimum atomic E-state index is -0.0175. The fourth-order valence-electron chi connectivity index (χ4n) is 1.39. The molecule has 0 unspecified atom stereocenters. The largest absolute Gasteiger partial charge is 0.362 e. The summed E-state index contributed by atoms with van der Waals surface area (Å²) >= 11 is 0. The first-order valence-corrected chi connectivity index (χ1v) is 5.17. The summed E-state index contributed by atoms with van der Waals surface area (Å²) in [5.74, 6) is 0.864. The molecule has 1 aromatic rings. The van der Waals surface area contributed by atoms with Crippen molar-refractivity contribution in [2.24, 2.45) is 0 Å². The van der Waals surface area contributed by atoms with Crippen molar-refractivity contribution < 1.29 is 4.79 Å². The molecule has 1 heterocycles. The van der Waals surface area contributed by atoms with Gasteiger partial charge in [0.15, 0.2) is 0 Å². The minimum Gasteiger partial charge on any atom is -0.362 e. The van der Waals surface area contributed by atoms with Gasteiger partial charge in [0.05, 0.1) is 6.54 Å². The van der Waals surface area contributed by atoms with Gasteiger partial charge in [0.25, 0.3) is 0 Å². The average molecular weight is 222 g/mol.